The summed E-state index contributed by atoms with van der Waals surface area (Å²) in [6.45, 7) is 2.07. The normalized spacial score (nSPS) is 22.0. The van der Waals surface area contributed by atoms with Crippen molar-refractivity contribution in [3.8, 4) is 5.75 Å². The number of hydrogen-bond acceptors (Lipinski definition) is 7. The molecule has 2 aliphatic heterocycles. The fraction of sp³-hybridized carbons (Fsp3) is 0.333. The van der Waals surface area contributed by atoms with Crippen LogP contribution >= 0.6 is 27.5 Å². The highest BCUT2D eigenvalue weighted by Gasteiger charge is 2.48. The number of hydrazone groups is 1. The molecule has 0 aromatic heterocycles. The van der Waals surface area contributed by atoms with Gasteiger partial charge < -0.3 is 14.5 Å². The summed E-state index contributed by atoms with van der Waals surface area (Å²) in [5.41, 5.74) is 3.62. The maximum atomic E-state index is 12.4. The first-order valence-corrected chi connectivity index (χ1v) is 9.86. The number of fused-ring (bicyclic) bond motifs is 1. The number of carbonyl (C=O) groups excluding carboxylic acids is 2. The number of imide groups is 1. The van der Waals surface area contributed by atoms with Crippen molar-refractivity contribution in [2.45, 2.75) is 19.1 Å². The first-order valence-electron chi connectivity index (χ1n) is 8.68. The number of halogens is 2. The molecule has 2 heterocycles. The van der Waals surface area contributed by atoms with Gasteiger partial charge in [0.2, 0.25) is 5.96 Å². The van der Waals surface area contributed by atoms with Crippen LogP contribution in [-0.4, -0.2) is 66.8 Å². The summed E-state index contributed by atoms with van der Waals surface area (Å²) in [6.07, 6.45) is 2.69. The Morgan fingerprint density at radius 1 is 1.48 bits per heavy atom. The van der Waals surface area contributed by atoms with Crippen molar-refractivity contribution in [3.05, 3.63) is 39.3 Å². The van der Waals surface area contributed by atoms with E-state index < -0.39 is 24.1 Å². The Morgan fingerprint density at radius 2 is 2.24 bits per heavy atom. The first kappa shape index (κ1) is 21.1. The van der Waals surface area contributed by atoms with Crippen LogP contribution in [-0.2, 0) is 4.79 Å². The third kappa shape index (κ3) is 4.54. The monoisotopic (exact) mass is 482 g/mol. The number of carbonyl (C=O) groups is 2. The van der Waals surface area contributed by atoms with Crippen molar-refractivity contribution >= 4 is 51.6 Å². The standard InChI is InChI=1S/C18H20BrClN6O3/c1-10(20)6-7-26-14-15(25(2)18(28)23-16(14)27)22-17(26)24-21-9-11-8-12(19)4-5-13(11)29-3/h4-6,8-9,14-15H,7H2,1-3H3,(H,22,24)(H,23,27,28)/b10-6-,21-9+. The maximum absolute atomic E-state index is 12.4. The Balaban J connectivity index is 1.85. The summed E-state index contributed by atoms with van der Waals surface area (Å²) < 4.78 is 6.21. The summed E-state index contributed by atoms with van der Waals surface area (Å²) in [5, 5.41) is 7.15. The Morgan fingerprint density at radius 3 is 2.93 bits per heavy atom. The Labute approximate surface area is 181 Å². The van der Waals surface area contributed by atoms with E-state index in [1.165, 1.54) is 4.90 Å². The largest absolute Gasteiger partial charge is 0.496 e. The minimum atomic E-state index is -0.678. The third-order valence-corrected chi connectivity index (χ3v) is 5.14. The molecule has 0 bridgehead atoms. The quantitative estimate of drug-likeness (QED) is 0.493. The SMILES string of the molecule is COc1ccc(Br)cc1/C=N/NC1=NC2C(C(=O)NC(=O)N2C)N1C/C=C(/C)Cl. The lowest BCUT2D eigenvalue weighted by Gasteiger charge is -2.35. The van der Waals surface area contributed by atoms with Crippen molar-refractivity contribution in [3.63, 3.8) is 0 Å². The van der Waals surface area contributed by atoms with Gasteiger partial charge in [0.15, 0.2) is 12.2 Å². The molecule has 1 aromatic rings. The van der Waals surface area contributed by atoms with Crippen molar-refractivity contribution in [2.24, 2.45) is 10.1 Å². The van der Waals surface area contributed by atoms with E-state index in [9.17, 15) is 9.59 Å². The average Bonchev–Trinajstić information content (AvgIpc) is 3.04. The van der Waals surface area contributed by atoms with Crippen LogP contribution in [0.3, 0.4) is 0 Å². The minimum absolute atomic E-state index is 0.327. The number of likely N-dealkylation sites (N-methyl/N-ethyl adjacent to an activating group) is 1. The molecule has 29 heavy (non-hydrogen) atoms. The van der Waals surface area contributed by atoms with Crippen LogP contribution in [0.2, 0.25) is 0 Å². The lowest BCUT2D eigenvalue weighted by molar-refractivity contribution is -0.126. The molecular formula is C18H20BrClN6O3. The van der Waals surface area contributed by atoms with E-state index in [2.05, 4.69) is 36.8 Å². The van der Waals surface area contributed by atoms with Gasteiger partial charge in [-0.25, -0.2) is 15.2 Å². The van der Waals surface area contributed by atoms with Crippen LogP contribution in [0, 0.1) is 0 Å². The van der Waals surface area contributed by atoms with Gasteiger partial charge in [-0.2, -0.15) is 5.10 Å². The summed E-state index contributed by atoms with van der Waals surface area (Å²) in [5.74, 6) is 0.594. The molecule has 154 valence electrons. The molecule has 2 atom stereocenters. The number of ether oxygens (including phenoxy) is 1. The van der Waals surface area contributed by atoms with Crippen LogP contribution < -0.4 is 15.5 Å². The zero-order chi connectivity index (χ0) is 21.1. The van der Waals surface area contributed by atoms with Crippen LogP contribution in [0.15, 0.2) is 43.9 Å². The summed E-state index contributed by atoms with van der Waals surface area (Å²) >= 11 is 9.38. The van der Waals surface area contributed by atoms with E-state index in [0.717, 1.165) is 10.0 Å². The fourth-order valence-corrected chi connectivity index (χ4v) is 3.46. The molecule has 1 saturated heterocycles. The Bertz CT molecular complexity index is 915. The molecular weight excluding hydrogens is 464 g/mol. The summed E-state index contributed by atoms with van der Waals surface area (Å²) in [4.78, 5) is 32.0. The molecule has 3 rings (SSSR count). The predicted molar refractivity (Wildman–Crippen MR) is 114 cm³/mol. The topological polar surface area (TPSA) is 98.6 Å². The van der Waals surface area contributed by atoms with Crippen molar-refractivity contribution in [1.29, 1.82) is 0 Å². The maximum Gasteiger partial charge on any atom is 0.325 e. The molecule has 11 heteroatoms. The number of hydrogen-bond donors (Lipinski definition) is 2. The number of methoxy groups -OCH3 is 1. The van der Waals surface area contributed by atoms with E-state index in [-0.39, 0.29) is 0 Å². The average molecular weight is 484 g/mol. The number of amides is 3. The second-order valence-corrected chi connectivity index (χ2v) is 7.93. The third-order valence-electron chi connectivity index (χ3n) is 4.49. The zero-order valence-corrected chi connectivity index (χ0v) is 18.4. The van der Waals surface area contributed by atoms with Crippen LogP contribution in [0.5, 0.6) is 5.75 Å². The first-order chi connectivity index (χ1) is 13.8. The molecule has 9 nitrogen and oxygen atoms in total. The lowest BCUT2D eigenvalue weighted by Crippen LogP contribution is -2.64. The predicted octanol–water partition coefficient (Wildman–Crippen LogP) is 2.07. The van der Waals surface area contributed by atoms with Gasteiger partial charge in [0, 0.05) is 28.7 Å². The smallest absolute Gasteiger partial charge is 0.325 e. The van der Waals surface area contributed by atoms with Gasteiger partial charge in [0.25, 0.3) is 5.91 Å². The van der Waals surface area contributed by atoms with Gasteiger partial charge in [-0.3, -0.25) is 10.1 Å². The molecule has 2 N–H and O–H groups in total. The van der Waals surface area contributed by atoms with E-state index >= 15 is 0 Å². The van der Waals surface area contributed by atoms with E-state index in [1.54, 1.807) is 38.3 Å². The molecule has 2 aliphatic rings. The van der Waals surface area contributed by atoms with Gasteiger partial charge in [0.1, 0.15) is 5.75 Å². The number of guanidine groups is 1. The van der Waals surface area contributed by atoms with Crippen molar-refractivity contribution < 1.29 is 14.3 Å². The van der Waals surface area contributed by atoms with Gasteiger partial charge >= 0.3 is 6.03 Å². The van der Waals surface area contributed by atoms with Crippen LogP contribution in [0.1, 0.15) is 12.5 Å². The van der Waals surface area contributed by atoms with Crippen LogP contribution in [0.4, 0.5) is 4.79 Å². The van der Waals surface area contributed by atoms with Gasteiger partial charge in [-0.05, 0) is 25.1 Å². The van der Waals surface area contributed by atoms with E-state index in [1.807, 2.05) is 18.2 Å². The second-order valence-electron chi connectivity index (χ2n) is 6.42. The lowest BCUT2D eigenvalue weighted by atomic mass is 10.1. The molecule has 0 spiro atoms. The highest BCUT2D eigenvalue weighted by Crippen LogP contribution is 2.24. The molecule has 1 aromatic carbocycles. The Hall–Kier alpha value is -2.59. The van der Waals surface area contributed by atoms with E-state index in [4.69, 9.17) is 16.3 Å². The number of aliphatic imine (C=N–C) groups is 1. The highest BCUT2D eigenvalue weighted by atomic mass is 79.9. The number of rotatable bonds is 5. The number of nitrogens with one attached hydrogen (secondary N) is 2. The second kappa shape index (κ2) is 8.83. The van der Waals surface area contributed by atoms with Gasteiger partial charge in [-0.1, -0.05) is 33.6 Å². The van der Waals surface area contributed by atoms with Crippen molar-refractivity contribution in [1.82, 2.24) is 20.5 Å². The molecule has 0 saturated carbocycles. The summed E-state index contributed by atoms with van der Waals surface area (Å²) in [6, 6.07) is 4.37. The zero-order valence-electron chi connectivity index (χ0n) is 16.0. The fourth-order valence-electron chi connectivity index (χ4n) is 3.01. The molecule has 1 fully saturated rings. The van der Waals surface area contributed by atoms with Gasteiger partial charge in [0.05, 0.1) is 13.3 Å². The number of allylic oxidation sites excluding steroid dienone is 1. The molecule has 2 unspecified atom stereocenters. The van der Waals surface area contributed by atoms with Crippen LogP contribution in [0.25, 0.3) is 0 Å². The van der Waals surface area contributed by atoms with E-state index in [0.29, 0.717) is 23.3 Å². The number of benzene rings is 1. The number of nitrogens with zero attached hydrogens (tertiary/aromatic N) is 4. The highest BCUT2D eigenvalue weighted by molar-refractivity contribution is 9.10. The number of urea groups is 1. The van der Waals surface area contributed by atoms with Gasteiger partial charge in [-0.15, -0.1) is 0 Å². The summed E-state index contributed by atoms with van der Waals surface area (Å²) in [7, 11) is 3.16. The molecule has 0 radical (unpaired) electrons. The molecule has 0 aliphatic carbocycles. The Kier molecular flexibility index (Phi) is 6.43. The van der Waals surface area contributed by atoms with Crippen molar-refractivity contribution in [2.75, 3.05) is 20.7 Å². The minimum Gasteiger partial charge on any atom is -0.496 e. The molecule has 3 amide bonds.